The lowest BCUT2D eigenvalue weighted by Gasteiger charge is -2.43. The number of benzene rings is 5. The number of ether oxygens (including phenoxy) is 2. The number of hydrogen-bond acceptors (Lipinski definition) is 3. The topological polar surface area (TPSA) is 54.9 Å². The summed E-state index contributed by atoms with van der Waals surface area (Å²) in [5.74, 6) is -0.200. The zero-order chi connectivity index (χ0) is 30.9. The molecule has 0 amide bonds. The van der Waals surface area contributed by atoms with Crippen LogP contribution in [0.4, 0.5) is 0 Å². The third-order valence-electron chi connectivity index (χ3n) is 9.04. The molecule has 2 N–H and O–H groups in total. The van der Waals surface area contributed by atoms with Gasteiger partial charge in [0, 0.05) is 0 Å². The van der Waals surface area contributed by atoms with Gasteiger partial charge in [-0.1, -0.05) is 151 Å². The molecule has 0 spiro atoms. The molecule has 2 fully saturated rings. The zero-order valence-electron chi connectivity index (χ0n) is 26.0. The van der Waals surface area contributed by atoms with Crippen LogP contribution in [0.2, 0.25) is 0 Å². The van der Waals surface area contributed by atoms with E-state index < -0.39 is 29.1 Å². The largest absolute Gasteiger partial charge is 0.341 e. The maximum Gasteiger partial charge on any atom is 0.193 e. The van der Waals surface area contributed by atoms with E-state index in [1.54, 1.807) is 0 Å². The average Bonchev–Trinajstić information content (AvgIpc) is 3.37. The quantitative estimate of drug-likeness (QED) is 0.215. The van der Waals surface area contributed by atoms with E-state index in [1.165, 1.54) is 5.56 Å². The molecule has 7 rings (SSSR count). The smallest absolute Gasteiger partial charge is 0.193 e. The van der Waals surface area contributed by atoms with E-state index in [4.69, 9.17) is 14.5 Å². The van der Waals surface area contributed by atoms with Crippen LogP contribution in [0.3, 0.4) is 0 Å². The fourth-order valence-electron chi connectivity index (χ4n) is 6.97. The minimum absolute atomic E-state index is 0.475. The van der Waals surface area contributed by atoms with Crippen molar-refractivity contribution in [1.29, 1.82) is 0 Å². The Hall–Kier alpha value is -4.71. The van der Waals surface area contributed by atoms with Crippen molar-refractivity contribution < 1.29 is 9.47 Å². The molecule has 2 atom stereocenters. The minimum Gasteiger partial charge on any atom is -0.341 e. The molecule has 0 aliphatic carbocycles. The van der Waals surface area contributed by atoms with E-state index in [-0.39, 0.29) is 0 Å². The molecule has 0 aromatic heterocycles. The summed E-state index contributed by atoms with van der Waals surface area (Å²) in [6, 6.07) is 50.8. The van der Waals surface area contributed by atoms with Gasteiger partial charge in [-0.25, -0.2) is 4.99 Å². The summed E-state index contributed by atoms with van der Waals surface area (Å²) in [7, 11) is 0. The summed E-state index contributed by atoms with van der Waals surface area (Å²) in [4.78, 5) is 5.28. The summed E-state index contributed by atoms with van der Waals surface area (Å²) in [6.07, 6.45) is -0.949. The molecule has 0 saturated carbocycles. The van der Waals surface area contributed by atoms with Crippen molar-refractivity contribution in [1.82, 2.24) is 10.6 Å². The number of nitrogens with zero attached hydrogens (tertiary/aromatic N) is 1. The molecule has 5 heteroatoms. The Labute approximate surface area is 266 Å². The molecule has 0 unspecified atom stereocenters. The Morgan fingerprint density at radius 2 is 0.889 bits per heavy atom. The third kappa shape index (κ3) is 5.22. The lowest BCUT2D eigenvalue weighted by atomic mass is 9.69. The lowest BCUT2D eigenvalue weighted by Crippen LogP contribution is -2.58. The first kappa shape index (κ1) is 29.0. The molecule has 226 valence electrons. The zero-order valence-corrected chi connectivity index (χ0v) is 26.0. The number of rotatable bonds is 6. The van der Waals surface area contributed by atoms with E-state index in [9.17, 15) is 0 Å². The molecule has 45 heavy (non-hydrogen) atoms. The van der Waals surface area contributed by atoms with Crippen LogP contribution in [0.5, 0.6) is 0 Å². The Morgan fingerprint density at radius 1 is 0.533 bits per heavy atom. The van der Waals surface area contributed by atoms with E-state index >= 15 is 0 Å². The van der Waals surface area contributed by atoms with Crippen LogP contribution in [-0.4, -0.2) is 24.0 Å². The summed E-state index contributed by atoms with van der Waals surface area (Å²) in [5, 5.41) is 7.96. The number of hydrogen-bond donors (Lipinski definition) is 2. The minimum atomic E-state index is -0.862. The summed E-state index contributed by atoms with van der Waals surface area (Å²) < 4.78 is 14.2. The number of aryl methyl sites for hydroxylation is 1. The molecule has 5 aromatic rings. The van der Waals surface area contributed by atoms with Crippen LogP contribution in [0.25, 0.3) is 0 Å². The van der Waals surface area contributed by atoms with Gasteiger partial charge in [0.2, 0.25) is 0 Å². The molecule has 2 aliphatic heterocycles. The second-order valence-corrected chi connectivity index (χ2v) is 12.5. The summed E-state index contributed by atoms with van der Waals surface area (Å²) in [6.45, 7) is 6.62. The molecule has 5 nitrogen and oxygen atoms in total. The van der Waals surface area contributed by atoms with Crippen LogP contribution < -0.4 is 10.6 Å². The first-order valence-corrected chi connectivity index (χ1v) is 15.6. The molecule has 0 bridgehead atoms. The van der Waals surface area contributed by atoms with E-state index in [0.717, 1.165) is 27.8 Å². The van der Waals surface area contributed by atoms with Gasteiger partial charge in [-0.3, -0.25) is 0 Å². The maximum atomic E-state index is 7.10. The van der Waals surface area contributed by atoms with Gasteiger partial charge < -0.3 is 20.1 Å². The molecule has 2 saturated heterocycles. The van der Waals surface area contributed by atoms with Crippen LogP contribution in [-0.2, 0) is 27.1 Å². The van der Waals surface area contributed by atoms with Crippen molar-refractivity contribution in [3.05, 3.63) is 179 Å². The predicted octanol–water partition coefficient (Wildman–Crippen LogP) is 7.45. The molecule has 5 aromatic carbocycles. The molecule has 2 aliphatic rings. The van der Waals surface area contributed by atoms with Crippen LogP contribution in [0, 0.1) is 6.92 Å². The van der Waals surface area contributed by atoms with Crippen molar-refractivity contribution >= 4 is 5.96 Å². The van der Waals surface area contributed by atoms with Crippen molar-refractivity contribution in [2.45, 2.75) is 56.4 Å². The Kier molecular flexibility index (Phi) is 7.52. The Balaban J connectivity index is 1.54. The second-order valence-electron chi connectivity index (χ2n) is 12.5. The first-order chi connectivity index (χ1) is 21.9. The van der Waals surface area contributed by atoms with E-state index in [0.29, 0.717) is 12.5 Å². The SMILES string of the molecule is Cc1ccc(CN=C2NC(c3ccccc3)(c3ccccc3)[C@@H]3OC(C)(C)O[C@H]3C(c3ccccc3)(c3ccccc3)N2)cc1. The average molecular weight is 594 g/mol. The van der Waals surface area contributed by atoms with Gasteiger partial charge in [0.1, 0.15) is 23.3 Å². The van der Waals surface area contributed by atoms with Crippen molar-refractivity contribution in [2.75, 3.05) is 0 Å². The van der Waals surface area contributed by atoms with Gasteiger partial charge in [0.15, 0.2) is 11.7 Å². The van der Waals surface area contributed by atoms with Gasteiger partial charge >= 0.3 is 0 Å². The van der Waals surface area contributed by atoms with Gasteiger partial charge in [-0.05, 0) is 48.6 Å². The van der Waals surface area contributed by atoms with Gasteiger partial charge in [-0.15, -0.1) is 0 Å². The fourth-order valence-corrected chi connectivity index (χ4v) is 6.97. The van der Waals surface area contributed by atoms with Crippen LogP contribution in [0.1, 0.15) is 47.2 Å². The number of aliphatic imine (C=N–C) groups is 1. The number of nitrogens with one attached hydrogen (secondary N) is 2. The highest BCUT2D eigenvalue weighted by Crippen LogP contribution is 2.51. The van der Waals surface area contributed by atoms with Gasteiger partial charge in [-0.2, -0.15) is 0 Å². The Bertz CT molecular complexity index is 1570. The van der Waals surface area contributed by atoms with Gasteiger partial charge in [0.05, 0.1) is 6.54 Å². The molecular weight excluding hydrogens is 554 g/mol. The van der Waals surface area contributed by atoms with Crippen LogP contribution in [0.15, 0.2) is 151 Å². The van der Waals surface area contributed by atoms with Crippen molar-refractivity contribution in [3.8, 4) is 0 Å². The van der Waals surface area contributed by atoms with Crippen molar-refractivity contribution in [2.24, 2.45) is 4.99 Å². The highest BCUT2D eigenvalue weighted by Gasteiger charge is 2.64. The fraction of sp³-hybridized carbons (Fsp3) is 0.225. The molecule has 0 radical (unpaired) electrons. The maximum absolute atomic E-state index is 7.10. The monoisotopic (exact) mass is 593 g/mol. The van der Waals surface area contributed by atoms with Crippen LogP contribution >= 0.6 is 0 Å². The van der Waals surface area contributed by atoms with Crippen molar-refractivity contribution in [3.63, 3.8) is 0 Å². The number of guanidine groups is 1. The van der Waals surface area contributed by atoms with E-state index in [2.05, 4.69) is 163 Å². The predicted molar refractivity (Wildman–Crippen MR) is 180 cm³/mol. The first-order valence-electron chi connectivity index (χ1n) is 15.6. The number of fused-ring (bicyclic) bond motifs is 1. The molecular formula is C40H39N3O2. The summed E-state index contributed by atoms with van der Waals surface area (Å²) in [5.41, 5.74) is 4.90. The normalized spacial score (nSPS) is 21.1. The highest BCUT2D eigenvalue weighted by atomic mass is 16.8. The van der Waals surface area contributed by atoms with E-state index in [1.807, 2.05) is 13.8 Å². The standard InChI is InChI=1S/C40H39N3O2/c1-29-24-26-30(27-25-29)28-41-37-42-39(31-16-8-4-9-17-31,32-18-10-5-11-19-32)35-36(45-38(2,3)44-35)40(43-37,33-20-12-6-13-21-33)34-22-14-7-15-23-34/h4-27,35-36H,28H2,1-3H3,(H2,41,42,43)/t35-,36-/m1/s1. The lowest BCUT2D eigenvalue weighted by molar-refractivity contribution is -0.156. The molecule has 2 heterocycles. The third-order valence-corrected chi connectivity index (χ3v) is 9.04. The second kappa shape index (κ2) is 11.7. The highest BCUT2D eigenvalue weighted by molar-refractivity contribution is 5.84. The van der Waals surface area contributed by atoms with Gasteiger partial charge in [0.25, 0.3) is 0 Å². The summed E-state index contributed by atoms with van der Waals surface area (Å²) >= 11 is 0. The Morgan fingerprint density at radius 3 is 1.24 bits per heavy atom.